The van der Waals surface area contributed by atoms with Crippen molar-refractivity contribution in [3.63, 3.8) is 0 Å². The van der Waals surface area contributed by atoms with E-state index in [0.29, 0.717) is 31.2 Å². The molecule has 6 nitrogen and oxygen atoms in total. The standard InChI is InChI=1S/C24H32N2O4S/c1-17-5-8-21(9-6-17)30-16-20(4)25-24(27)23-15-22(10-7-19(23)3)31(28,29)26-13-11-18(2)12-14-26/h5-10,15,18,20H,11-14,16H2,1-4H3,(H,25,27)/t20-/m0/s1. The molecule has 1 heterocycles. The number of nitrogens with one attached hydrogen (secondary N) is 1. The van der Waals surface area contributed by atoms with Crippen LogP contribution < -0.4 is 10.1 Å². The lowest BCUT2D eigenvalue weighted by Gasteiger charge is -2.29. The van der Waals surface area contributed by atoms with Gasteiger partial charge in [0.25, 0.3) is 5.91 Å². The molecule has 1 aliphatic heterocycles. The molecule has 0 bridgehead atoms. The van der Waals surface area contributed by atoms with E-state index in [0.717, 1.165) is 29.7 Å². The summed E-state index contributed by atoms with van der Waals surface area (Å²) in [4.78, 5) is 13.0. The van der Waals surface area contributed by atoms with Crippen LogP contribution in [-0.2, 0) is 10.0 Å². The summed E-state index contributed by atoms with van der Waals surface area (Å²) in [6.07, 6.45) is 1.72. The van der Waals surface area contributed by atoms with Crippen LogP contribution in [0.1, 0.15) is 48.2 Å². The van der Waals surface area contributed by atoms with Gasteiger partial charge in [-0.1, -0.05) is 30.7 Å². The van der Waals surface area contributed by atoms with Gasteiger partial charge in [-0.3, -0.25) is 4.79 Å². The molecule has 1 saturated heterocycles. The Labute approximate surface area is 185 Å². The van der Waals surface area contributed by atoms with Gasteiger partial charge in [-0.2, -0.15) is 4.31 Å². The smallest absolute Gasteiger partial charge is 0.251 e. The Bertz CT molecular complexity index is 1010. The number of sulfonamides is 1. The van der Waals surface area contributed by atoms with Crippen molar-refractivity contribution in [3.05, 3.63) is 59.2 Å². The van der Waals surface area contributed by atoms with E-state index in [1.54, 1.807) is 19.1 Å². The number of benzene rings is 2. The van der Waals surface area contributed by atoms with Gasteiger partial charge in [0.2, 0.25) is 10.0 Å². The summed E-state index contributed by atoms with van der Waals surface area (Å²) in [6, 6.07) is 12.3. The molecule has 7 heteroatoms. The number of carbonyl (C=O) groups excluding carboxylic acids is 1. The molecule has 2 aromatic carbocycles. The van der Waals surface area contributed by atoms with E-state index in [1.807, 2.05) is 38.1 Å². The van der Waals surface area contributed by atoms with Crippen LogP contribution in [0, 0.1) is 19.8 Å². The quantitative estimate of drug-likeness (QED) is 0.702. The zero-order valence-corrected chi connectivity index (χ0v) is 19.5. The van der Waals surface area contributed by atoms with Gasteiger partial charge in [0, 0.05) is 18.7 Å². The second-order valence-electron chi connectivity index (χ2n) is 8.56. The Morgan fingerprint density at radius 1 is 1.13 bits per heavy atom. The Kier molecular flexibility index (Phi) is 7.38. The molecule has 0 unspecified atom stereocenters. The Hall–Kier alpha value is -2.38. The van der Waals surface area contributed by atoms with Crippen molar-refractivity contribution in [2.24, 2.45) is 5.92 Å². The lowest BCUT2D eigenvalue weighted by Crippen LogP contribution is -2.38. The van der Waals surface area contributed by atoms with E-state index in [4.69, 9.17) is 4.74 Å². The normalized spacial score (nSPS) is 16.6. The van der Waals surface area contributed by atoms with Crippen LogP contribution in [0.4, 0.5) is 0 Å². The second kappa shape index (κ2) is 9.83. The van der Waals surface area contributed by atoms with Crippen LogP contribution in [0.15, 0.2) is 47.4 Å². The summed E-state index contributed by atoms with van der Waals surface area (Å²) in [5, 5.41) is 2.91. The molecule has 1 N–H and O–H groups in total. The number of ether oxygens (including phenoxy) is 1. The van der Waals surface area contributed by atoms with Crippen LogP contribution in [0.25, 0.3) is 0 Å². The van der Waals surface area contributed by atoms with Crippen LogP contribution in [0.3, 0.4) is 0 Å². The Balaban J connectivity index is 1.67. The lowest BCUT2D eigenvalue weighted by molar-refractivity contribution is 0.0926. The summed E-state index contributed by atoms with van der Waals surface area (Å²) in [5.41, 5.74) is 2.25. The first-order chi connectivity index (χ1) is 14.7. The molecular formula is C24H32N2O4S. The fourth-order valence-corrected chi connectivity index (χ4v) is 5.08. The molecule has 2 aromatic rings. The molecule has 0 radical (unpaired) electrons. The molecule has 31 heavy (non-hydrogen) atoms. The highest BCUT2D eigenvalue weighted by Gasteiger charge is 2.29. The number of aryl methyl sites for hydroxylation is 2. The molecule has 0 spiro atoms. The maximum absolute atomic E-state index is 13.1. The van der Waals surface area contributed by atoms with Crippen molar-refractivity contribution in [1.82, 2.24) is 9.62 Å². The van der Waals surface area contributed by atoms with Crippen LogP contribution in [-0.4, -0.2) is 44.4 Å². The Morgan fingerprint density at radius 2 is 1.77 bits per heavy atom. The van der Waals surface area contributed by atoms with E-state index in [1.165, 1.54) is 10.4 Å². The highest BCUT2D eigenvalue weighted by atomic mass is 32.2. The predicted molar refractivity (Wildman–Crippen MR) is 122 cm³/mol. The number of piperidine rings is 1. The first kappa shape index (κ1) is 23.3. The highest BCUT2D eigenvalue weighted by molar-refractivity contribution is 7.89. The third-order valence-electron chi connectivity index (χ3n) is 5.73. The van der Waals surface area contributed by atoms with Crippen molar-refractivity contribution >= 4 is 15.9 Å². The summed E-state index contributed by atoms with van der Waals surface area (Å²) in [6.45, 7) is 9.17. The molecule has 0 saturated carbocycles. The average molecular weight is 445 g/mol. The topological polar surface area (TPSA) is 75.7 Å². The van der Waals surface area contributed by atoms with Crippen molar-refractivity contribution in [2.45, 2.75) is 51.5 Å². The van der Waals surface area contributed by atoms with Crippen molar-refractivity contribution in [2.75, 3.05) is 19.7 Å². The first-order valence-corrected chi connectivity index (χ1v) is 12.2. The molecule has 1 aliphatic rings. The van der Waals surface area contributed by atoms with Crippen LogP contribution in [0.2, 0.25) is 0 Å². The molecule has 168 valence electrons. The minimum Gasteiger partial charge on any atom is -0.491 e. The predicted octanol–water partition coefficient (Wildman–Crippen LogP) is 3.92. The molecule has 0 aliphatic carbocycles. The van der Waals surface area contributed by atoms with Crippen molar-refractivity contribution in [1.29, 1.82) is 0 Å². The van der Waals surface area contributed by atoms with Gasteiger partial charge in [0.05, 0.1) is 10.9 Å². The summed E-state index contributed by atoms with van der Waals surface area (Å²) in [5.74, 6) is 0.975. The molecule has 0 aromatic heterocycles. The first-order valence-electron chi connectivity index (χ1n) is 10.8. The van der Waals surface area contributed by atoms with E-state index in [9.17, 15) is 13.2 Å². The minimum atomic E-state index is -3.61. The number of hydrogen-bond donors (Lipinski definition) is 1. The number of rotatable bonds is 7. The van der Waals surface area contributed by atoms with Crippen LogP contribution >= 0.6 is 0 Å². The van der Waals surface area contributed by atoms with Gasteiger partial charge < -0.3 is 10.1 Å². The highest BCUT2D eigenvalue weighted by Crippen LogP contribution is 2.25. The summed E-state index contributed by atoms with van der Waals surface area (Å²) >= 11 is 0. The SMILES string of the molecule is Cc1ccc(OC[C@H](C)NC(=O)c2cc(S(=O)(=O)N3CCC(C)CC3)ccc2C)cc1. The molecule has 1 amide bonds. The molecule has 1 fully saturated rings. The fraction of sp³-hybridized carbons (Fsp3) is 0.458. The van der Waals surface area contributed by atoms with Gasteiger partial charge in [0.1, 0.15) is 12.4 Å². The van der Waals surface area contributed by atoms with Crippen molar-refractivity contribution in [3.8, 4) is 5.75 Å². The lowest BCUT2D eigenvalue weighted by atomic mass is 10.0. The van der Waals surface area contributed by atoms with E-state index >= 15 is 0 Å². The number of nitrogens with zero attached hydrogens (tertiary/aromatic N) is 1. The van der Waals surface area contributed by atoms with Gasteiger partial charge >= 0.3 is 0 Å². The van der Waals surface area contributed by atoms with E-state index in [-0.39, 0.29) is 16.8 Å². The number of amides is 1. The van der Waals surface area contributed by atoms with E-state index in [2.05, 4.69) is 12.2 Å². The maximum atomic E-state index is 13.1. The zero-order valence-electron chi connectivity index (χ0n) is 18.7. The largest absolute Gasteiger partial charge is 0.491 e. The maximum Gasteiger partial charge on any atom is 0.251 e. The van der Waals surface area contributed by atoms with E-state index < -0.39 is 10.0 Å². The van der Waals surface area contributed by atoms with Gasteiger partial charge in [0.15, 0.2) is 0 Å². The van der Waals surface area contributed by atoms with Gasteiger partial charge in [-0.05, 0) is 69.4 Å². The third-order valence-corrected chi connectivity index (χ3v) is 7.63. The second-order valence-corrected chi connectivity index (χ2v) is 10.5. The van der Waals surface area contributed by atoms with Crippen LogP contribution in [0.5, 0.6) is 5.75 Å². The Morgan fingerprint density at radius 3 is 2.42 bits per heavy atom. The third kappa shape index (κ3) is 5.86. The monoisotopic (exact) mass is 444 g/mol. The number of hydrogen-bond acceptors (Lipinski definition) is 4. The zero-order chi connectivity index (χ0) is 22.6. The average Bonchev–Trinajstić information content (AvgIpc) is 2.73. The van der Waals surface area contributed by atoms with Gasteiger partial charge in [-0.15, -0.1) is 0 Å². The molecule has 3 rings (SSSR count). The minimum absolute atomic E-state index is 0.168. The van der Waals surface area contributed by atoms with Crippen molar-refractivity contribution < 1.29 is 17.9 Å². The summed E-state index contributed by atoms with van der Waals surface area (Å²) in [7, 11) is -3.61. The fourth-order valence-electron chi connectivity index (χ4n) is 3.58. The molecular weight excluding hydrogens is 412 g/mol. The summed E-state index contributed by atoms with van der Waals surface area (Å²) < 4.78 is 33.4. The molecule has 1 atom stereocenters. The number of carbonyl (C=O) groups is 1. The van der Waals surface area contributed by atoms with Gasteiger partial charge in [-0.25, -0.2) is 8.42 Å².